The molecule has 120 valence electrons. The Morgan fingerprint density at radius 1 is 1.24 bits per heavy atom. The molecule has 5 nitrogen and oxygen atoms in total. The summed E-state index contributed by atoms with van der Waals surface area (Å²) in [6, 6.07) is 0.599. The van der Waals surface area contributed by atoms with Crippen LogP contribution in [0, 0.1) is 0 Å². The average Bonchev–Trinajstić information content (AvgIpc) is 2.46. The Balaban J connectivity index is 2.34. The first-order chi connectivity index (χ1) is 10.0. The smallest absolute Gasteiger partial charge is 0.224 e. The maximum absolute atomic E-state index is 6.11. The molecule has 0 fully saturated rings. The Kier molecular flexibility index (Phi) is 8.38. The van der Waals surface area contributed by atoms with Crippen molar-refractivity contribution in [2.75, 3.05) is 37.3 Å². The molecule has 0 aliphatic carbocycles. The van der Waals surface area contributed by atoms with Crippen LogP contribution in [-0.2, 0) is 0 Å². The lowest BCUT2D eigenvalue weighted by atomic mass is 10.2. The first-order valence-corrected chi connectivity index (χ1v) is 8.13. The summed E-state index contributed by atoms with van der Waals surface area (Å²) in [5.41, 5.74) is 0. The van der Waals surface area contributed by atoms with E-state index in [4.69, 9.17) is 11.6 Å². The van der Waals surface area contributed by atoms with Crippen molar-refractivity contribution >= 4 is 23.4 Å². The van der Waals surface area contributed by atoms with Gasteiger partial charge in [-0.1, -0.05) is 18.5 Å². The van der Waals surface area contributed by atoms with E-state index < -0.39 is 0 Å². The first kappa shape index (κ1) is 18.0. The van der Waals surface area contributed by atoms with Crippen molar-refractivity contribution in [2.24, 2.45) is 0 Å². The van der Waals surface area contributed by atoms with Crippen LogP contribution in [0.3, 0.4) is 0 Å². The van der Waals surface area contributed by atoms with Gasteiger partial charge >= 0.3 is 0 Å². The third-order valence-corrected chi connectivity index (χ3v) is 3.67. The summed E-state index contributed by atoms with van der Waals surface area (Å²) in [5, 5.41) is 7.02. The van der Waals surface area contributed by atoms with E-state index in [0.29, 0.717) is 22.8 Å². The number of aromatic nitrogens is 2. The molecule has 0 bridgehead atoms. The number of nitrogens with one attached hydrogen (secondary N) is 2. The van der Waals surface area contributed by atoms with Crippen LogP contribution in [0.1, 0.15) is 40.0 Å². The topological polar surface area (TPSA) is 53.1 Å². The lowest BCUT2D eigenvalue weighted by Gasteiger charge is -2.20. The number of hydrogen-bond acceptors (Lipinski definition) is 5. The fourth-order valence-corrected chi connectivity index (χ4v) is 1.92. The summed E-state index contributed by atoms with van der Waals surface area (Å²) in [5.74, 6) is 1.34. The Hall–Kier alpha value is -1.07. The number of halogens is 1. The van der Waals surface area contributed by atoms with Gasteiger partial charge in [0.15, 0.2) is 0 Å². The number of anilines is 2. The molecule has 6 heteroatoms. The predicted molar refractivity (Wildman–Crippen MR) is 91.3 cm³/mol. The van der Waals surface area contributed by atoms with Gasteiger partial charge in [-0.05, 0) is 46.7 Å². The van der Waals surface area contributed by atoms with Crippen LogP contribution < -0.4 is 10.6 Å². The summed E-state index contributed by atoms with van der Waals surface area (Å²) in [6.07, 6.45) is 4.93. The van der Waals surface area contributed by atoms with Gasteiger partial charge in [-0.25, -0.2) is 4.98 Å². The molecule has 0 aliphatic rings. The molecule has 0 atom stereocenters. The second-order valence-electron chi connectivity index (χ2n) is 5.53. The summed E-state index contributed by atoms with van der Waals surface area (Å²) in [6.45, 7) is 9.38. The number of nitrogens with zero attached hydrogens (tertiary/aromatic N) is 3. The molecular formula is C15H28ClN5. The van der Waals surface area contributed by atoms with E-state index in [1.54, 1.807) is 6.20 Å². The molecule has 21 heavy (non-hydrogen) atoms. The van der Waals surface area contributed by atoms with Crippen LogP contribution in [0.15, 0.2) is 6.20 Å². The van der Waals surface area contributed by atoms with Gasteiger partial charge in [0.25, 0.3) is 0 Å². The Labute approximate surface area is 133 Å². The molecule has 0 saturated heterocycles. The van der Waals surface area contributed by atoms with Gasteiger partial charge in [0.2, 0.25) is 5.95 Å². The molecule has 0 unspecified atom stereocenters. The molecule has 1 aromatic rings. The van der Waals surface area contributed by atoms with Gasteiger partial charge in [-0.3, -0.25) is 0 Å². The van der Waals surface area contributed by atoms with Gasteiger partial charge in [0.1, 0.15) is 10.8 Å². The van der Waals surface area contributed by atoms with Crippen LogP contribution in [0.25, 0.3) is 0 Å². The highest BCUT2D eigenvalue weighted by Gasteiger charge is 2.05. The lowest BCUT2D eigenvalue weighted by molar-refractivity contribution is 0.269. The number of rotatable bonds is 10. The SMILES string of the molecule is CCCNc1ncc(Cl)c(NCCCCN(C)C(C)C)n1. The maximum Gasteiger partial charge on any atom is 0.224 e. The minimum absolute atomic E-state index is 0.566. The fourth-order valence-electron chi connectivity index (χ4n) is 1.76. The van der Waals surface area contributed by atoms with E-state index in [1.165, 1.54) is 0 Å². The monoisotopic (exact) mass is 313 g/mol. The molecular weight excluding hydrogens is 286 g/mol. The fraction of sp³-hybridized carbons (Fsp3) is 0.733. The van der Waals surface area contributed by atoms with E-state index in [0.717, 1.165) is 38.9 Å². The van der Waals surface area contributed by atoms with Crippen molar-refractivity contribution in [3.05, 3.63) is 11.2 Å². The van der Waals surface area contributed by atoms with Gasteiger partial charge in [-0.2, -0.15) is 4.98 Å². The normalized spacial score (nSPS) is 11.2. The highest BCUT2D eigenvalue weighted by atomic mass is 35.5. The molecule has 0 aromatic carbocycles. The Morgan fingerprint density at radius 3 is 2.67 bits per heavy atom. The highest BCUT2D eigenvalue weighted by Crippen LogP contribution is 2.19. The van der Waals surface area contributed by atoms with Gasteiger partial charge in [0, 0.05) is 19.1 Å². The van der Waals surface area contributed by atoms with E-state index in [2.05, 4.69) is 53.3 Å². The highest BCUT2D eigenvalue weighted by molar-refractivity contribution is 6.32. The zero-order valence-electron chi connectivity index (χ0n) is 13.6. The second-order valence-corrected chi connectivity index (χ2v) is 5.93. The quantitative estimate of drug-likeness (QED) is 0.648. The van der Waals surface area contributed by atoms with Crippen molar-refractivity contribution in [1.29, 1.82) is 0 Å². The van der Waals surface area contributed by atoms with Crippen molar-refractivity contribution in [3.8, 4) is 0 Å². The second kappa shape index (κ2) is 9.79. The van der Waals surface area contributed by atoms with Crippen LogP contribution in [0.4, 0.5) is 11.8 Å². The van der Waals surface area contributed by atoms with Crippen LogP contribution in [-0.4, -0.2) is 47.6 Å². The maximum atomic E-state index is 6.11. The van der Waals surface area contributed by atoms with Crippen molar-refractivity contribution in [1.82, 2.24) is 14.9 Å². The first-order valence-electron chi connectivity index (χ1n) is 7.75. The summed E-state index contributed by atoms with van der Waals surface area (Å²) in [4.78, 5) is 10.9. The van der Waals surface area contributed by atoms with Crippen molar-refractivity contribution in [2.45, 2.75) is 46.1 Å². The summed E-state index contributed by atoms with van der Waals surface area (Å²) in [7, 11) is 2.16. The lowest BCUT2D eigenvalue weighted by Crippen LogP contribution is -2.27. The Bertz CT molecular complexity index is 411. The molecule has 1 aromatic heterocycles. The minimum atomic E-state index is 0.566. The zero-order chi connectivity index (χ0) is 15.7. The van der Waals surface area contributed by atoms with E-state index >= 15 is 0 Å². The zero-order valence-corrected chi connectivity index (χ0v) is 14.4. The largest absolute Gasteiger partial charge is 0.369 e. The molecule has 0 radical (unpaired) electrons. The molecule has 1 rings (SSSR count). The van der Waals surface area contributed by atoms with Crippen LogP contribution >= 0.6 is 11.6 Å². The summed E-state index contributed by atoms with van der Waals surface area (Å²) < 4.78 is 0. The number of unbranched alkanes of at least 4 members (excludes halogenated alkanes) is 1. The molecule has 0 saturated carbocycles. The Morgan fingerprint density at radius 2 is 2.00 bits per heavy atom. The van der Waals surface area contributed by atoms with Crippen LogP contribution in [0.2, 0.25) is 5.02 Å². The van der Waals surface area contributed by atoms with Gasteiger partial charge < -0.3 is 15.5 Å². The van der Waals surface area contributed by atoms with Crippen molar-refractivity contribution < 1.29 is 0 Å². The molecule has 0 spiro atoms. The van der Waals surface area contributed by atoms with Gasteiger partial charge in [0.05, 0.1) is 6.20 Å². The average molecular weight is 314 g/mol. The van der Waals surface area contributed by atoms with Crippen molar-refractivity contribution in [3.63, 3.8) is 0 Å². The molecule has 0 aliphatic heterocycles. The predicted octanol–water partition coefficient (Wildman–Crippen LogP) is 3.48. The number of hydrogen-bond donors (Lipinski definition) is 2. The summed E-state index contributed by atoms with van der Waals surface area (Å²) >= 11 is 6.11. The van der Waals surface area contributed by atoms with Crippen LogP contribution in [0.5, 0.6) is 0 Å². The molecule has 1 heterocycles. The third-order valence-electron chi connectivity index (χ3n) is 3.39. The minimum Gasteiger partial charge on any atom is -0.369 e. The molecule has 0 amide bonds. The van der Waals surface area contributed by atoms with E-state index in [1.807, 2.05) is 0 Å². The third kappa shape index (κ3) is 6.96. The van der Waals surface area contributed by atoms with E-state index in [-0.39, 0.29) is 0 Å². The molecule has 2 N–H and O–H groups in total. The van der Waals surface area contributed by atoms with Gasteiger partial charge in [-0.15, -0.1) is 0 Å². The standard InChI is InChI=1S/C15H28ClN5/c1-5-8-18-15-19-11-13(16)14(20-15)17-9-6-7-10-21(4)12(2)3/h11-12H,5-10H2,1-4H3,(H2,17,18,19,20). The van der Waals surface area contributed by atoms with E-state index in [9.17, 15) is 0 Å².